The lowest BCUT2D eigenvalue weighted by atomic mass is 9.84. The minimum atomic E-state index is -4.89. The second-order valence-electron chi connectivity index (χ2n) is 6.19. The molecule has 0 fully saturated rings. The maximum absolute atomic E-state index is 15.5. The summed E-state index contributed by atoms with van der Waals surface area (Å²) in [6, 6.07) is 12.9. The molecule has 0 aliphatic heterocycles. The fourth-order valence-electron chi connectivity index (χ4n) is 3.02. The zero-order chi connectivity index (χ0) is 18.3. The van der Waals surface area contributed by atoms with Gasteiger partial charge in [-0.2, -0.15) is 0 Å². The van der Waals surface area contributed by atoms with Gasteiger partial charge in [-0.3, -0.25) is 0 Å². The molecule has 132 valence electrons. The number of allylic oxidation sites excluding steroid dienone is 2. The molecule has 2 aromatic rings. The van der Waals surface area contributed by atoms with Crippen molar-refractivity contribution in [3.8, 4) is 0 Å². The van der Waals surface area contributed by atoms with Gasteiger partial charge in [-0.15, -0.1) is 0 Å². The summed E-state index contributed by atoms with van der Waals surface area (Å²) in [5.41, 5.74) is 0.925. The third kappa shape index (κ3) is 2.68. The fourth-order valence-corrected chi connectivity index (χ4v) is 4.69. The van der Waals surface area contributed by atoms with Gasteiger partial charge < -0.3 is 0 Å². The first-order valence-electron chi connectivity index (χ1n) is 7.80. The van der Waals surface area contributed by atoms with Gasteiger partial charge in [0, 0.05) is 6.42 Å². The van der Waals surface area contributed by atoms with E-state index in [-0.39, 0.29) is 5.56 Å². The number of rotatable bonds is 3. The van der Waals surface area contributed by atoms with Crippen molar-refractivity contribution in [1.82, 2.24) is 0 Å². The first-order chi connectivity index (χ1) is 11.7. The molecule has 0 saturated heterocycles. The normalized spacial score (nSPS) is 25.7. The summed E-state index contributed by atoms with van der Waals surface area (Å²) < 4.78 is 71.0. The molecule has 0 bridgehead atoms. The summed E-state index contributed by atoms with van der Waals surface area (Å²) in [5, 5.41) is -3.70. The van der Waals surface area contributed by atoms with Crippen molar-refractivity contribution >= 4 is 9.84 Å². The maximum Gasteiger partial charge on any atom is 0.306 e. The van der Waals surface area contributed by atoms with Gasteiger partial charge in [0.15, 0.2) is 0 Å². The van der Waals surface area contributed by atoms with Crippen molar-refractivity contribution < 1.29 is 21.6 Å². The van der Waals surface area contributed by atoms with Crippen LogP contribution < -0.4 is 0 Å². The molecule has 0 saturated carbocycles. The van der Waals surface area contributed by atoms with Crippen LogP contribution in [0.1, 0.15) is 23.5 Å². The van der Waals surface area contributed by atoms with E-state index in [1.165, 1.54) is 36.4 Å². The van der Waals surface area contributed by atoms with Crippen LogP contribution in [-0.4, -0.2) is 19.3 Å². The summed E-state index contributed by atoms with van der Waals surface area (Å²) in [7, 11) is -4.89. The largest absolute Gasteiger partial charge is 0.306 e. The molecule has 2 atom stereocenters. The van der Waals surface area contributed by atoms with Gasteiger partial charge in [0.2, 0.25) is 9.84 Å². The Bertz CT molecular complexity index is 890. The zero-order valence-electron chi connectivity index (χ0n) is 13.5. The summed E-state index contributed by atoms with van der Waals surface area (Å²) in [6.45, 7) is 1.73. The Morgan fingerprint density at radius 1 is 0.960 bits per heavy atom. The van der Waals surface area contributed by atoms with E-state index in [1.807, 2.05) is 0 Å². The minimum absolute atomic E-state index is 0.171. The second kappa shape index (κ2) is 6.02. The molecule has 0 radical (unpaired) electrons. The lowest BCUT2D eigenvalue weighted by molar-refractivity contribution is -0.108. The van der Waals surface area contributed by atoms with Crippen LogP contribution in [0.2, 0.25) is 0 Å². The van der Waals surface area contributed by atoms with Gasteiger partial charge in [0.05, 0.1) is 10.8 Å². The van der Waals surface area contributed by atoms with Crippen molar-refractivity contribution in [2.75, 3.05) is 0 Å². The summed E-state index contributed by atoms with van der Waals surface area (Å²) in [4.78, 5) is -0.442. The van der Waals surface area contributed by atoms with Crippen LogP contribution in [0.4, 0.5) is 13.2 Å². The Morgan fingerprint density at radius 2 is 1.56 bits per heavy atom. The summed E-state index contributed by atoms with van der Waals surface area (Å²) >= 11 is 0. The number of aryl methyl sites for hydroxylation is 1. The standard InChI is InChI=1S/C19H17F3O2S/c1-14-9-11-16(12-10-14)25(23,24)18(20)13-5-8-17(19(18,21)22)15-6-3-2-4-7-15/h2-12,17H,13H2,1H3. The van der Waals surface area contributed by atoms with E-state index in [0.717, 1.165) is 17.7 Å². The summed E-state index contributed by atoms with van der Waals surface area (Å²) in [5.74, 6) is -5.75. The molecule has 0 aromatic heterocycles. The van der Waals surface area contributed by atoms with Gasteiger partial charge in [-0.1, -0.05) is 60.2 Å². The first-order valence-corrected chi connectivity index (χ1v) is 9.28. The highest BCUT2D eigenvalue weighted by molar-refractivity contribution is 7.92. The van der Waals surface area contributed by atoms with Gasteiger partial charge in [-0.25, -0.2) is 21.6 Å². The molecule has 0 N–H and O–H groups in total. The third-order valence-corrected chi connectivity index (χ3v) is 6.70. The van der Waals surface area contributed by atoms with E-state index in [4.69, 9.17) is 0 Å². The monoisotopic (exact) mass is 366 g/mol. The van der Waals surface area contributed by atoms with E-state index in [2.05, 4.69) is 0 Å². The topological polar surface area (TPSA) is 34.1 Å². The van der Waals surface area contributed by atoms with Gasteiger partial charge in [-0.05, 0) is 24.6 Å². The number of halogens is 3. The molecule has 2 aromatic carbocycles. The van der Waals surface area contributed by atoms with E-state index < -0.39 is 38.0 Å². The fraction of sp³-hybridized carbons (Fsp3) is 0.263. The molecule has 3 rings (SSSR count). The molecule has 0 heterocycles. The molecular weight excluding hydrogens is 349 g/mol. The highest BCUT2D eigenvalue weighted by Crippen LogP contribution is 2.53. The Hall–Kier alpha value is -2.08. The quantitative estimate of drug-likeness (QED) is 0.731. The van der Waals surface area contributed by atoms with Crippen LogP contribution in [0.3, 0.4) is 0 Å². The summed E-state index contributed by atoms with van der Waals surface area (Å²) in [6.07, 6.45) is 1.47. The Balaban J connectivity index is 2.11. The van der Waals surface area contributed by atoms with Gasteiger partial charge in [0.1, 0.15) is 0 Å². The number of benzene rings is 2. The highest BCUT2D eigenvalue weighted by Gasteiger charge is 2.67. The van der Waals surface area contributed by atoms with Crippen molar-refractivity contribution in [2.24, 2.45) is 0 Å². The van der Waals surface area contributed by atoms with Crippen LogP contribution in [0.15, 0.2) is 71.6 Å². The van der Waals surface area contributed by atoms with Crippen molar-refractivity contribution in [3.63, 3.8) is 0 Å². The molecule has 1 aliphatic carbocycles. The van der Waals surface area contributed by atoms with Crippen LogP contribution in [-0.2, 0) is 9.84 Å². The van der Waals surface area contributed by atoms with E-state index in [0.29, 0.717) is 0 Å². The lowest BCUT2D eigenvalue weighted by Crippen LogP contribution is -2.54. The number of hydrogen-bond donors (Lipinski definition) is 0. The van der Waals surface area contributed by atoms with Gasteiger partial charge in [0.25, 0.3) is 5.00 Å². The Labute approximate surface area is 144 Å². The highest BCUT2D eigenvalue weighted by atomic mass is 32.2. The predicted octanol–water partition coefficient (Wildman–Crippen LogP) is 4.81. The molecule has 2 nitrogen and oxygen atoms in total. The van der Waals surface area contributed by atoms with E-state index in [9.17, 15) is 8.42 Å². The van der Waals surface area contributed by atoms with Crippen LogP contribution in [0.5, 0.6) is 0 Å². The molecule has 25 heavy (non-hydrogen) atoms. The number of alkyl halides is 3. The van der Waals surface area contributed by atoms with Crippen molar-refractivity contribution in [1.29, 1.82) is 0 Å². The number of hydrogen-bond acceptors (Lipinski definition) is 2. The van der Waals surface area contributed by atoms with Crippen molar-refractivity contribution in [3.05, 3.63) is 77.9 Å². The smallest absolute Gasteiger partial charge is 0.220 e. The van der Waals surface area contributed by atoms with Crippen LogP contribution >= 0.6 is 0 Å². The average molecular weight is 366 g/mol. The molecule has 6 heteroatoms. The Morgan fingerprint density at radius 3 is 2.16 bits per heavy atom. The molecule has 0 spiro atoms. The molecule has 0 amide bonds. The average Bonchev–Trinajstić information content (AvgIpc) is 2.58. The van der Waals surface area contributed by atoms with E-state index in [1.54, 1.807) is 25.1 Å². The number of sulfone groups is 1. The first kappa shape index (κ1) is 17.7. The van der Waals surface area contributed by atoms with Crippen LogP contribution in [0, 0.1) is 6.92 Å². The zero-order valence-corrected chi connectivity index (χ0v) is 14.3. The Kier molecular flexibility index (Phi) is 4.27. The van der Waals surface area contributed by atoms with Gasteiger partial charge >= 0.3 is 5.92 Å². The van der Waals surface area contributed by atoms with Crippen LogP contribution in [0.25, 0.3) is 0 Å². The minimum Gasteiger partial charge on any atom is -0.220 e. The predicted molar refractivity (Wildman–Crippen MR) is 90.1 cm³/mol. The second-order valence-corrected chi connectivity index (χ2v) is 8.31. The third-order valence-electron chi connectivity index (χ3n) is 4.51. The molecular formula is C19H17F3O2S. The maximum atomic E-state index is 15.5. The molecule has 2 unspecified atom stereocenters. The molecule has 1 aliphatic rings. The lowest BCUT2D eigenvalue weighted by Gasteiger charge is -2.39. The SMILES string of the molecule is Cc1ccc(S(=O)(=O)C2(F)CC=CC(c3ccccc3)C2(F)F)cc1. The van der Waals surface area contributed by atoms with E-state index >= 15 is 13.2 Å². The van der Waals surface area contributed by atoms with Crippen molar-refractivity contribution in [2.45, 2.75) is 35.1 Å².